The summed E-state index contributed by atoms with van der Waals surface area (Å²) in [7, 11) is 0. The molecule has 0 aromatic carbocycles. The van der Waals surface area contributed by atoms with Crippen LogP contribution < -0.4 is 10.6 Å². The van der Waals surface area contributed by atoms with Crippen molar-refractivity contribution in [2.75, 3.05) is 13.1 Å². The molecule has 1 heterocycles. The first-order valence-corrected chi connectivity index (χ1v) is 7.33. The zero-order chi connectivity index (χ0) is 14.5. The molecule has 0 fully saturated rings. The highest BCUT2D eigenvalue weighted by Gasteiger charge is 2.15. The maximum Gasteiger partial charge on any atom is 0.407 e. The number of ether oxygens (including phenoxy) is 1. The number of alkyl carbamates (subject to hydrolysis) is 1. The SMILES string of the molecule is Cc1cc(CNCCNC(=O)OC(C)(C)C)c(C)s1. The molecule has 1 rings (SSSR count). The van der Waals surface area contributed by atoms with E-state index in [1.54, 1.807) is 0 Å². The molecule has 0 saturated heterocycles. The lowest BCUT2D eigenvalue weighted by Gasteiger charge is -2.19. The molecule has 19 heavy (non-hydrogen) atoms. The van der Waals surface area contributed by atoms with Crippen LogP contribution in [-0.2, 0) is 11.3 Å². The van der Waals surface area contributed by atoms with E-state index in [0.29, 0.717) is 6.54 Å². The Labute approximate surface area is 119 Å². The zero-order valence-corrected chi connectivity index (χ0v) is 13.2. The minimum atomic E-state index is -0.442. The second kappa shape index (κ2) is 6.91. The summed E-state index contributed by atoms with van der Waals surface area (Å²) >= 11 is 1.81. The van der Waals surface area contributed by atoms with Gasteiger partial charge in [-0.1, -0.05) is 0 Å². The van der Waals surface area contributed by atoms with Gasteiger partial charge in [-0.2, -0.15) is 0 Å². The Kier molecular flexibility index (Phi) is 5.82. The molecule has 5 heteroatoms. The van der Waals surface area contributed by atoms with Crippen LogP contribution in [0.4, 0.5) is 4.79 Å². The van der Waals surface area contributed by atoms with Crippen LogP contribution in [0.15, 0.2) is 6.07 Å². The standard InChI is InChI=1S/C14H24N2O2S/c1-10-8-12(11(2)19-10)9-15-6-7-16-13(17)18-14(3,4)5/h8,15H,6-7,9H2,1-5H3,(H,16,17). The zero-order valence-electron chi connectivity index (χ0n) is 12.4. The molecule has 0 atom stereocenters. The molecule has 0 bridgehead atoms. The van der Waals surface area contributed by atoms with E-state index in [1.165, 1.54) is 15.3 Å². The number of nitrogens with one attached hydrogen (secondary N) is 2. The van der Waals surface area contributed by atoms with E-state index in [2.05, 4.69) is 30.5 Å². The van der Waals surface area contributed by atoms with E-state index in [1.807, 2.05) is 32.1 Å². The Morgan fingerprint density at radius 1 is 1.32 bits per heavy atom. The normalized spacial score (nSPS) is 11.4. The number of hydrogen-bond donors (Lipinski definition) is 2. The van der Waals surface area contributed by atoms with Crippen molar-refractivity contribution >= 4 is 17.4 Å². The molecule has 4 nitrogen and oxygen atoms in total. The smallest absolute Gasteiger partial charge is 0.407 e. The Morgan fingerprint density at radius 3 is 2.53 bits per heavy atom. The topological polar surface area (TPSA) is 50.4 Å². The molecule has 108 valence electrons. The van der Waals surface area contributed by atoms with Crippen molar-refractivity contribution in [3.8, 4) is 0 Å². The molecule has 0 aliphatic rings. The fourth-order valence-electron chi connectivity index (χ4n) is 1.65. The molecule has 0 radical (unpaired) electrons. The highest BCUT2D eigenvalue weighted by Crippen LogP contribution is 2.19. The Balaban J connectivity index is 2.15. The van der Waals surface area contributed by atoms with E-state index in [9.17, 15) is 4.79 Å². The molecule has 1 aromatic rings. The van der Waals surface area contributed by atoms with Gasteiger partial charge in [-0.3, -0.25) is 0 Å². The van der Waals surface area contributed by atoms with Gasteiger partial charge in [0.1, 0.15) is 5.60 Å². The summed E-state index contributed by atoms with van der Waals surface area (Å²) in [6.07, 6.45) is -0.364. The van der Waals surface area contributed by atoms with Crippen LogP contribution in [0.3, 0.4) is 0 Å². The van der Waals surface area contributed by atoms with Gasteiger partial charge in [0.25, 0.3) is 0 Å². The average Bonchev–Trinajstić information content (AvgIpc) is 2.54. The lowest BCUT2D eigenvalue weighted by Crippen LogP contribution is -2.36. The summed E-state index contributed by atoms with van der Waals surface area (Å²) in [5.41, 5.74) is 0.891. The van der Waals surface area contributed by atoms with Gasteiger partial charge in [0.15, 0.2) is 0 Å². The summed E-state index contributed by atoms with van der Waals surface area (Å²) in [4.78, 5) is 14.1. The molecule has 0 spiro atoms. The van der Waals surface area contributed by atoms with Gasteiger partial charge in [-0.05, 0) is 46.2 Å². The summed E-state index contributed by atoms with van der Waals surface area (Å²) < 4.78 is 5.15. The summed E-state index contributed by atoms with van der Waals surface area (Å²) in [6.45, 7) is 11.9. The van der Waals surface area contributed by atoms with Crippen molar-refractivity contribution in [1.29, 1.82) is 0 Å². The molecule has 0 aliphatic carbocycles. The van der Waals surface area contributed by atoms with Crippen molar-refractivity contribution < 1.29 is 9.53 Å². The van der Waals surface area contributed by atoms with Gasteiger partial charge in [-0.25, -0.2) is 4.79 Å². The van der Waals surface area contributed by atoms with E-state index < -0.39 is 5.60 Å². The lowest BCUT2D eigenvalue weighted by atomic mass is 10.2. The maximum atomic E-state index is 11.4. The van der Waals surface area contributed by atoms with Gasteiger partial charge in [0.2, 0.25) is 0 Å². The molecule has 2 N–H and O–H groups in total. The quantitative estimate of drug-likeness (QED) is 0.817. The Morgan fingerprint density at radius 2 is 2.00 bits per heavy atom. The average molecular weight is 284 g/mol. The van der Waals surface area contributed by atoms with Gasteiger partial charge in [0.05, 0.1) is 0 Å². The van der Waals surface area contributed by atoms with Crippen molar-refractivity contribution in [3.63, 3.8) is 0 Å². The number of aryl methyl sites for hydroxylation is 2. The first kappa shape index (κ1) is 16.0. The number of carbonyl (C=O) groups excluding carboxylic acids is 1. The van der Waals surface area contributed by atoms with Crippen LogP contribution in [0.25, 0.3) is 0 Å². The van der Waals surface area contributed by atoms with E-state index in [-0.39, 0.29) is 6.09 Å². The van der Waals surface area contributed by atoms with Crippen LogP contribution >= 0.6 is 11.3 Å². The molecule has 1 aromatic heterocycles. The van der Waals surface area contributed by atoms with Crippen LogP contribution in [-0.4, -0.2) is 24.8 Å². The monoisotopic (exact) mass is 284 g/mol. The van der Waals surface area contributed by atoms with Crippen LogP contribution in [0.2, 0.25) is 0 Å². The highest BCUT2D eigenvalue weighted by molar-refractivity contribution is 7.12. The van der Waals surface area contributed by atoms with E-state index >= 15 is 0 Å². The van der Waals surface area contributed by atoms with E-state index in [0.717, 1.165) is 13.1 Å². The number of amides is 1. The van der Waals surface area contributed by atoms with Crippen LogP contribution in [0.5, 0.6) is 0 Å². The van der Waals surface area contributed by atoms with Crippen molar-refractivity contribution in [2.24, 2.45) is 0 Å². The number of carbonyl (C=O) groups is 1. The predicted molar refractivity (Wildman–Crippen MR) is 79.7 cm³/mol. The third-order valence-corrected chi connectivity index (χ3v) is 3.44. The second-order valence-electron chi connectivity index (χ2n) is 5.54. The minimum Gasteiger partial charge on any atom is -0.444 e. The van der Waals surface area contributed by atoms with Crippen molar-refractivity contribution in [2.45, 2.75) is 46.8 Å². The Hall–Kier alpha value is -1.07. The van der Waals surface area contributed by atoms with Crippen molar-refractivity contribution in [1.82, 2.24) is 10.6 Å². The third kappa shape index (κ3) is 6.59. The summed E-state index contributed by atoms with van der Waals surface area (Å²) in [6, 6.07) is 2.20. The van der Waals surface area contributed by atoms with Gasteiger partial charge < -0.3 is 15.4 Å². The maximum absolute atomic E-state index is 11.4. The molecule has 1 amide bonds. The van der Waals surface area contributed by atoms with Gasteiger partial charge >= 0.3 is 6.09 Å². The Bertz CT molecular complexity index is 422. The number of rotatable bonds is 5. The molecule has 0 saturated carbocycles. The molecule has 0 aliphatic heterocycles. The van der Waals surface area contributed by atoms with Crippen LogP contribution in [0, 0.1) is 13.8 Å². The molecular weight excluding hydrogens is 260 g/mol. The fraction of sp³-hybridized carbons (Fsp3) is 0.643. The predicted octanol–water partition coefficient (Wildman–Crippen LogP) is 2.98. The minimum absolute atomic E-state index is 0.364. The van der Waals surface area contributed by atoms with Gasteiger partial charge in [0, 0.05) is 29.4 Å². The fourth-order valence-corrected chi connectivity index (χ4v) is 2.60. The lowest BCUT2D eigenvalue weighted by molar-refractivity contribution is 0.0528. The number of hydrogen-bond acceptors (Lipinski definition) is 4. The second-order valence-corrected chi connectivity index (χ2v) is 7.00. The van der Waals surface area contributed by atoms with Crippen LogP contribution in [0.1, 0.15) is 36.1 Å². The first-order valence-electron chi connectivity index (χ1n) is 6.51. The third-order valence-electron chi connectivity index (χ3n) is 2.43. The molecular formula is C14H24N2O2S. The van der Waals surface area contributed by atoms with Gasteiger partial charge in [-0.15, -0.1) is 11.3 Å². The summed E-state index contributed by atoms with van der Waals surface area (Å²) in [5.74, 6) is 0. The largest absolute Gasteiger partial charge is 0.444 e. The summed E-state index contributed by atoms with van der Waals surface area (Å²) in [5, 5.41) is 6.03. The molecule has 0 unspecified atom stereocenters. The number of thiophene rings is 1. The van der Waals surface area contributed by atoms with E-state index in [4.69, 9.17) is 4.74 Å². The first-order chi connectivity index (χ1) is 8.78. The van der Waals surface area contributed by atoms with Crippen molar-refractivity contribution in [3.05, 3.63) is 21.4 Å². The highest BCUT2D eigenvalue weighted by atomic mass is 32.1.